The maximum atomic E-state index is 14.1. The maximum absolute atomic E-state index is 14.1. The number of H-pyrrole nitrogens is 1. The van der Waals surface area contributed by atoms with Gasteiger partial charge in [0.15, 0.2) is 0 Å². The monoisotopic (exact) mass is 637 g/mol. The highest BCUT2D eigenvalue weighted by atomic mass is 19.3. The molecule has 1 amide bonds. The number of likely N-dealkylation sites (N-methyl/N-ethyl adjacent to an activating group) is 1. The summed E-state index contributed by atoms with van der Waals surface area (Å²) in [7, 11) is 1.66. The Kier molecular flexibility index (Phi) is 8.78. The first-order valence-electron chi connectivity index (χ1n) is 15.5. The van der Waals surface area contributed by atoms with Crippen LogP contribution in [0.5, 0.6) is 6.01 Å². The normalized spacial score (nSPS) is 21.6. The molecule has 3 aromatic rings. The van der Waals surface area contributed by atoms with Crippen LogP contribution in [0.25, 0.3) is 10.9 Å². The van der Waals surface area contributed by atoms with Crippen molar-refractivity contribution in [1.82, 2.24) is 30.0 Å². The van der Waals surface area contributed by atoms with E-state index < -0.39 is 24.7 Å². The van der Waals surface area contributed by atoms with E-state index >= 15 is 0 Å². The molecule has 0 radical (unpaired) electrons. The summed E-state index contributed by atoms with van der Waals surface area (Å²) in [4.78, 5) is 30.0. The van der Waals surface area contributed by atoms with Crippen molar-refractivity contribution in [3.8, 4) is 12.1 Å². The van der Waals surface area contributed by atoms with Crippen molar-refractivity contribution in [1.29, 1.82) is 5.26 Å². The molecule has 0 aliphatic carbocycles. The van der Waals surface area contributed by atoms with Gasteiger partial charge in [0.25, 0.3) is 5.92 Å². The number of alkyl halides is 3. The molecule has 2 aromatic heterocycles. The smallest absolute Gasteiger partial charge is 0.318 e. The third-order valence-corrected chi connectivity index (χ3v) is 9.36. The minimum atomic E-state index is -2.78. The number of aromatic amines is 1. The molecule has 2 saturated heterocycles. The number of aryl methyl sites for hydroxylation is 1. The number of carbonyl (C=O) groups is 1. The molecule has 0 unspecified atom stereocenters. The van der Waals surface area contributed by atoms with Gasteiger partial charge in [0.2, 0.25) is 5.91 Å². The topological polar surface area (TPSA) is 118 Å². The van der Waals surface area contributed by atoms with Gasteiger partial charge in [-0.25, -0.2) is 13.2 Å². The number of nitrogens with one attached hydrogen (secondary N) is 1. The van der Waals surface area contributed by atoms with Crippen LogP contribution in [0.1, 0.15) is 35.2 Å². The van der Waals surface area contributed by atoms with Crippen LogP contribution >= 0.6 is 0 Å². The van der Waals surface area contributed by atoms with Gasteiger partial charge in [-0.15, -0.1) is 0 Å². The van der Waals surface area contributed by atoms with Crippen LogP contribution in [-0.4, -0.2) is 107 Å². The third kappa shape index (κ3) is 6.20. The van der Waals surface area contributed by atoms with Crippen LogP contribution in [0, 0.1) is 25.2 Å². The summed E-state index contributed by atoms with van der Waals surface area (Å²) in [6.45, 7) is 5.39. The lowest BCUT2D eigenvalue weighted by molar-refractivity contribution is -0.128. The molecule has 1 aromatic carbocycles. The summed E-state index contributed by atoms with van der Waals surface area (Å²) in [5.41, 5.74) is 6.04. The number of hydrogen-bond donors (Lipinski definition) is 1. The highest BCUT2D eigenvalue weighted by molar-refractivity contribution is 5.94. The SMILES string of the molecule is Cc1cc2[nH]ncc2c(N2CCc3c(nc(OC[C@@H]4CC(F)(F)CN4C)nc3N3CCN(C(=O)/C=C/CF)[C@@H](CC#N)C3)C2)c1C. The fraction of sp³-hybridized carbons (Fsp3) is 0.531. The summed E-state index contributed by atoms with van der Waals surface area (Å²) in [6.07, 6.45) is 4.65. The van der Waals surface area contributed by atoms with Gasteiger partial charge in [-0.2, -0.15) is 20.3 Å². The molecule has 14 heteroatoms. The molecule has 6 rings (SSSR count). The van der Waals surface area contributed by atoms with Gasteiger partial charge in [0.1, 0.15) is 19.1 Å². The molecule has 11 nitrogen and oxygen atoms in total. The standard InChI is InChI=1S/C32H38F3N9O2/c1-20-13-26-25(15-37-40-26)29(21(20)2)42-10-7-24-27(17-42)38-31(46-18-23-14-32(34,35)19-41(23)3)39-30(24)43-11-12-44(22(16-43)6-9-36)28(45)5-4-8-33/h4-5,13,15,22-23H,6-8,10-12,14,16-19H2,1-3H3,(H,37,40)/b5-4+/t22-,23-/m0/s1. The van der Waals surface area contributed by atoms with Crippen molar-refractivity contribution in [3.63, 3.8) is 0 Å². The molecule has 1 N–H and O–H groups in total. The molecular formula is C32H38F3N9O2. The second-order valence-corrected chi connectivity index (χ2v) is 12.4. The van der Waals surface area contributed by atoms with E-state index in [1.54, 1.807) is 16.8 Å². The van der Waals surface area contributed by atoms with E-state index in [1.807, 2.05) is 6.20 Å². The minimum absolute atomic E-state index is 0.0148. The van der Waals surface area contributed by atoms with Crippen LogP contribution in [0.2, 0.25) is 0 Å². The fourth-order valence-electron chi connectivity index (χ4n) is 6.90. The number of anilines is 2. The Balaban J connectivity index is 1.33. The molecule has 3 aliphatic rings. The lowest BCUT2D eigenvalue weighted by atomic mass is 9.99. The highest BCUT2D eigenvalue weighted by Gasteiger charge is 2.43. The summed E-state index contributed by atoms with van der Waals surface area (Å²) in [5, 5.41) is 17.9. The first-order valence-corrected chi connectivity index (χ1v) is 15.5. The number of likely N-dealkylation sites (tertiary alicyclic amines) is 1. The lowest BCUT2D eigenvalue weighted by Crippen LogP contribution is -2.55. The molecule has 46 heavy (non-hydrogen) atoms. The molecule has 2 atom stereocenters. The molecule has 244 valence electrons. The fourth-order valence-corrected chi connectivity index (χ4v) is 6.90. The zero-order valence-corrected chi connectivity index (χ0v) is 26.3. The predicted molar refractivity (Wildman–Crippen MR) is 167 cm³/mol. The van der Waals surface area contributed by atoms with Crippen LogP contribution in [0.15, 0.2) is 24.4 Å². The third-order valence-electron chi connectivity index (χ3n) is 9.36. The van der Waals surface area contributed by atoms with Crippen molar-refractivity contribution >= 4 is 28.3 Å². The summed E-state index contributed by atoms with van der Waals surface area (Å²) in [5.74, 6) is -2.45. The number of aromatic nitrogens is 4. The van der Waals surface area contributed by atoms with E-state index in [1.165, 1.54) is 12.2 Å². The average Bonchev–Trinajstić information content (AvgIpc) is 3.60. The van der Waals surface area contributed by atoms with E-state index in [2.05, 4.69) is 46.0 Å². The van der Waals surface area contributed by atoms with Crippen molar-refractivity contribution in [2.24, 2.45) is 0 Å². The number of hydrogen-bond acceptors (Lipinski definition) is 9. The van der Waals surface area contributed by atoms with Gasteiger partial charge >= 0.3 is 6.01 Å². The Bertz CT molecular complexity index is 1690. The summed E-state index contributed by atoms with van der Waals surface area (Å²) >= 11 is 0. The number of fused-ring (bicyclic) bond motifs is 2. The number of nitrogens with zero attached hydrogens (tertiary/aromatic N) is 8. The van der Waals surface area contributed by atoms with E-state index in [0.29, 0.717) is 45.0 Å². The van der Waals surface area contributed by atoms with Crippen molar-refractivity contribution < 1.29 is 22.7 Å². The molecule has 2 fully saturated rings. The Morgan fingerprint density at radius 2 is 2.04 bits per heavy atom. The van der Waals surface area contributed by atoms with Crippen LogP contribution in [0.4, 0.5) is 24.7 Å². The minimum Gasteiger partial charge on any atom is -0.462 e. The first-order chi connectivity index (χ1) is 22.1. The van der Waals surface area contributed by atoms with E-state index in [9.17, 15) is 23.2 Å². The lowest BCUT2D eigenvalue weighted by Gasteiger charge is -2.42. The van der Waals surface area contributed by atoms with Crippen LogP contribution in [-0.2, 0) is 17.8 Å². The molecule has 0 bridgehead atoms. The van der Waals surface area contributed by atoms with Crippen molar-refractivity contribution in [2.45, 2.75) is 57.7 Å². The largest absolute Gasteiger partial charge is 0.462 e. The highest BCUT2D eigenvalue weighted by Crippen LogP contribution is 2.38. The Labute approximate surface area is 265 Å². The van der Waals surface area contributed by atoms with Gasteiger partial charge in [-0.05, 0) is 50.6 Å². The van der Waals surface area contributed by atoms with Gasteiger partial charge in [0.05, 0.1) is 54.7 Å². The van der Waals surface area contributed by atoms with Gasteiger partial charge in [-0.1, -0.05) is 0 Å². The second-order valence-electron chi connectivity index (χ2n) is 12.4. The number of carbonyl (C=O) groups excluding carboxylic acids is 1. The molecule has 0 spiro atoms. The quantitative estimate of drug-likeness (QED) is 0.369. The Morgan fingerprint density at radius 1 is 1.22 bits per heavy atom. The Morgan fingerprint density at radius 3 is 2.78 bits per heavy atom. The summed E-state index contributed by atoms with van der Waals surface area (Å²) < 4.78 is 46.9. The number of benzene rings is 1. The van der Waals surface area contributed by atoms with E-state index in [4.69, 9.17) is 14.7 Å². The number of ether oxygens (including phenoxy) is 1. The van der Waals surface area contributed by atoms with Gasteiger partial charge < -0.3 is 19.4 Å². The molecule has 3 aliphatic heterocycles. The number of nitriles is 1. The summed E-state index contributed by atoms with van der Waals surface area (Å²) in [6, 6.07) is 3.46. The number of allylic oxidation sites excluding steroid dienone is 1. The number of halogens is 3. The van der Waals surface area contributed by atoms with Crippen molar-refractivity contribution in [3.05, 3.63) is 46.8 Å². The predicted octanol–water partition coefficient (Wildman–Crippen LogP) is 3.71. The Hall–Kier alpha value is -4.38. The van der Waals surface area contributed by atoms with Crippen LogP contribution < -0.4 is 14.5 Å². The van der Waals surface area contributed by atoms with E-state index in [-0.39, 0.29) is 37.9 Å². The molecular weight excluding hydrogens is 599 g/mol. The van der Waals surface area contributed by atoms with Gasteiger partial charge in [-0.3, -0.25) is 14.8 Å². The molecule has 0 saturated carbocycles. The average molecular weight is 638 g/mol. The molecule has 5 heterocycles. The number of piperazine rings is 1. The zero-order valence-electron chi connectivity index (χ0n) is 26.3. The second kappa shape index (κ2) is 12.8. The van der Waals surface area contributed by atoms with E-state index in [0.717, 1.165) is 39.0 Å². The van der Waals surface area contributed by atoms with Crippen molar-refractivity contribution in [2.75, 3.05) is 62.9 Å². The number of rotatable bonds is 8. The maximum Gasteiger partial charge on any atom is 0.318 e. The van der Waals surface area contributed by atoms with Gasteiger partial charge in [0, 0.05) is 55.7 Å². The zero-order chi connectivity index (χ0) is 32.6. The van der Waals surface area contributed by atoms with Crippen LogP contribution in [0.3, 0.4) is 0 Å². The first kappa shape index (κ1) is 31.6. The number of amides is 1.